The number of sulfonamides is 1. The second-order valence-electron chi connectivity index (χ2n) is 7.99. The average molecular weight is 537 g/mol. The highest BCUT2D eigenvalue weighted by Gasteiger charge is 2.17. The molecular formula is C28H22Cl2N2O3S. The summed E-state index contributed by atoms with van der Waals surface area (Å²) in [6, 6.07) is 27.3. The van der Waals surface area contributed by atoms with Gasteiger partial charge in [-0.1, -0.05) is 77.8 Å². The number of anilines is 2. The van der Waals surface area contributed by atoms with Gasteiger partial charge in [0.1, 0.15) is 0 Å². The average Bonchev–Trinajstić information content (AvgIpc) is 2.86. The Kier molecular flexibility index (Phi) is 7.79. The van der Waals surface area contributed by atoms with Gasteiger partial charge in [0.25, 0.3) is 15.9 Å². The van der Waals surface area contributed by atoms with E-state index in [9.17, 15) is 13.2 Å². The monoisotopic (exact) mass is 536 g/mol. The molecule has 0 spiro atoms. The van der Waals surface area contributed by atoms with Crippen molar-refractivity contribution in [1.29, 1.82) is 0 Å². The minimum Gasteiger partial charge on any atom is -0.322 e. The molecule has 0 heterocycles. The van der Waals surface area contributed by atoms with Gasteiger partial charge in [-0.15, -0.1) is 0 Å². The minimum absolute atomic E-state index is 0.0482. The second-order valence-corrected chi connectivity index (χ2v) is 10.5. The largest absolute Gasteiger partial charge is 0.322 e. The summed E-state index contributed by atoms with van der Waals surface area (Å²) in [6.45, 7) is 1.83. The molecule has 4 aromatic rings. The van der Waals surface area contributed by atoms with Crippen molar-refractivity contribution in [1.82, 2.24) is 0 Å². The van der Waals surface area contributed by atoms with E-state index in [4.69, 9.17) is 23.2 Å². The lowest BCUT2D eigenvalue weighted by atomic mass is 10.0. The predicted octanol–water partition coefficient (Wildman–Crippen LogP) is 7.28. The van der Waals surface area contributed by atoms with Crippen LogP contribution in [0.25, 0.3) is 11.6 Å². The van der Waals surface area contributed by atoms with Gasteiger partial charge in [-0.25, -0.2) is 8.42 Å². The summed E-state index contributed by atoms with van der Waals surface area (Å²) < 4.78 is 28.1. The molecule has 0 fully saturated rings. The third kappa shape index (κ3) is 6.15. The Morgan fingerprint density at radius 1 is 0.778 bits per heavy atom. The van der Waals surface area contributed by atoms with Crippen LogP contribution in [0.2, 0.25) is 10.0 Å². The summed E-state index contributed by atoms with van der Waals surface area (Å²) in [5.74, 6) is -0.357. The first-order valence-electron chi connectivity index (χ1n) is 10.9. The van der Waals surface area contributed by atoms with E-state index < -0.39 is 10.0 Å². The third-order valence-electron chi connectivity index (χ3n) is 5.38. The Balaban J connectivity index is 1.56. The van der Waals surface area contributed by atoms with E-state index in [0.717, 1.165) is 11.1 Å². The summed E-state index contributed by atoms with van der Waals surface area (Å²) in [6.07, 6.45) is 1.72. The van der Waals surface area contributed by atoms with Crippen LogP contribution in [0, 0.1) is 6.92 Å². The quantitative estimate of drug-likeness (QED) is 0.192. The molecule has 4 aromatic carbocycles. The standard InChI is InChI=1S/C28H22Cl2N2O3S/c1-19-11-12-23(18-27(19)30)32-36(34,35)24-15-13-22(14-16-24)31-28(33)25(20-7-3-2-4-8-20)17-21-9-5-6-10-26(21)29/h2-18,32H,1H3,(H,31,33)/b25-17+. The topological polar surface area (TPSA) is 75.3 Å². The fourth-order valence-corrected chi connectivity index (χ4v) is 4.85. The summed E-state index contributed by atoms with van der Waals surface area (Å²) >= 11 is 12.4. The van der Waals surface area contributed by atoms with Crippen LogP contribution in [0.4, 0.5) is 11.4 Å². The molecule has 0 aliphatic rings. The van der Waals surface area contributed by atoms with Gasteiger partial charge in [0.05, 0.1) is 10.6 Å². The predicted molar refractivity (Wildman–Crippen MR) is 148 cm³/mol. The number of hydrogen-bond acceptors (Lipinski definition) is 3. The van der Waals surface area contributed by atoms with Crippen molar-refractivity contribution in [2.45, 2.75) is 11.8 Å². The number of halogens is 2. The Morgan fingerprint density at radius 3 is 2.08 bits per heavy atom. The van der Waals surface area contributed by atoms with E-state index in [2.05, 4.69) is 10.0 Å². The highest BCUT2D eigenvalue weighted by molar-refractivity contribution is 7.92. The molecule has 0 atom stereocenters. The van der Waals surface area contributed by atoms with Crippen molar-refractivity contribution in [2.24, 2.45) is 0 Å². The van der Waals surface area contributed by atoms with Crippen molar-refractivity contribution < 1.29 is 13.2 Å². The van der Waals surface area contributed by atoms with E-state index in [0.29, 0.717) is 32.6 Å². The normalized spacial score (nSPS) is 11.7. The molecule has 0 aromatic heterocycles. The van der Waals surface area contributed by atoms with Crippen molar-refractivity contribution in [2.75, 3.05) is 10.0 Å². The SMILES string of the molecule is Cc1ccc(NS(=O)(=O)c2ccc(NC(=O)/C(=C/c3ccccc3Cl)c3ccccc3)cc2)cc1Cl. The lowest BCUT2D eigenvalue weighted by Gasteiger charge is -2.12. The fourth-order valence-electron chi connectivity index (χ4n) is 3.43. The minimum atomic E-state index is -3.84. The zero-order chi connectivity index (χ0) is 25.7. The van der Waals surface area contributed by atoms with Crippen molar-refractivity contribution in [3.05, 3.63) is 124 Å². The fraction of sp³-hybridized carbons (Fsp3) is 0.0357. The van der Waals surface area contributed by atoms with E-state index in [1.807, 2.05) is 55.5 Å². The molecule has 4 rings (SSSR count). The van der Waals surface area contributed by atoms with Crippen LogP contribution in [0.1, 0.15) is 16.7 Å². The number of aryl methyl sites for hydroxylation is 1. The Bertz CT molecular complexity index is 1540. The molecule has 0 aliphatic heterocycles. The summed E-state index contributed by atoms with van der Waals surface area (Å²) in [4.78, 5) is 13.3. The van der Waals surface area contributed by atoms with Gasteiger partial charge < -0.3 is 5.32 Å². The highest BCUT2D eigenvalue weighted by Crippen LogP contribution is 2.26. The van der Waals surface area contributed by atoms with Crippen LogP contribution in [0.15, 0.2) is 102 Å². The number of carbonyl (C=O) groups is 1. The van der Waals surface area contributed by atoms with Crippen LogP contribution < -0.4 is 10.0 Å². The van der Waals surface area contributed by atoms with Crippen LogP contribution in [0.5, 0.6) is 0 Å². The molecule has 0 aliphatic carbocycles. The molecule has 8 heteroatoms. The van der Waals surface area contributed by atoms with Crippen LogP contribution >= 0.6 is 23.2 Å². The van der Waals surface area contributed by atoms with Gasteiger partial charge in [-0.05, 0) is 72.2 Å². The number of nitrogens with one attached hydrogen (secondary N) is 2. The molecule has 2 N–H and O–H groups in total. The molecule has 0 saturated heterocycles. The van der Waals surface area contributed by atoms with Gasteiger partial charge in [0.15, 0.2) is 0 Å². The summed E-state index contributed by atoms with van der Waals surface area (Å²) in [5, 5.41) is 3.83. The van der Waals surface area contributed by atoms with Crippen molar-refractivity contribution in [3.63, 3.8) is 0 Å². The molecule has 1 amide bonds. The Labute approximate surface area is 220 Å². The van der Waals surface area contributed by atoms with Crippen molar-refractivity contribution in [3.8, 4) is 0 Å². The summed E-state index contributed by atoms with van der Waals surface area (Å²) in [5.41, 5.74) is 3.49. The molecule has 0 saturated carbocycles. The van der Waals surface area contributed by atoms with Gasteiger partial charge in [0.2, 0.25) is 0 Å². The Hall–Kier alpha value is -3.58. The smallest absolute Gasteiger partial charge is 0.261 e. The number of amides is 1. The van der Waals surface area contributed by atoms with E-state index in [1.165, 1.54) is 24.3 Å². The van der Waals surface area contributed by atoms with Crippen LogP contribution in [-0.4, -0.2) is 14.3 Å². The zero-order valence-electron chi connectivity index (χ0n) is 19.2. The maximum atomic E-state index is 13.2. The number of carbonyl (C=O) groups excluding carboxylic acids is 1. The van der Waals surface area contributed by atoms with Crippen molar-refractivity contribution >= 4 is 62.2 Å². The summed E-state index contributed by atoms with van der Waals surface area (Å²) in [7, 11) is -3.84. The molecular weight excluding hydrogens is 515 g/mol. The molecule has 5 nitrogen and oxygen atoms in total. The zero-order valence-corrected chi connectivity index (χ0v) is 21.5. The van der Waals surface area contributed by atoms with Gasteiger partial charge in [-0.2, -0.15) is 0 Å². The first-order chi connectivity index (χ1) is 17.2. The van der Waals surface area contributed by atoms with E-state index >= 15 is 0 Å². The lowest BCUT2D eigenvalue weighted by molar-refractivity contribution is -0.111. The molecule has 36 heavy (non-hydrogen) atoms. The maximum absolute atomic E-state index is 13.2. The van der Waals surface area contributed by atoms with Gasteiger partial charge in [-0.3, -0.25) is 9.52 Å². The third-order valence-corrected chi connectivity index (χ3v) is 7.53. The lowest BCUT2D eigenvalue weighted by Crippen LogP contribution is -2.15. The van der Waals surface area contributed by atoms with E-state index in [-0.39, 0.29) is 10.8 Å². The molecule has 182 valence electrons. The first-order valence-corrected chi connectivity index (χ1v) is 13.2. The van der Waals surface area contributed by atoms with Gasteiger partial charge in [0, 0.05) is 21.3 Å². The van der Waals surface area contributed by atoms with Crippen LogP contribution in [-0.2, 0) is 14.8 Å². The number of rotatable bonds is 7. The Morgan fingerprint density at radius 2 is 1.42 bits per heavy atom. The second kappa shape index (κ2) is 11.0. The molecule has 0 bridgehead atoms. The number of benzene rings is 4. The molecule has 0 radical (unpaired) electrons. The maximum Gasteiger partial charge on any atom is 0.261 e. The first kappa shape index (κ1) is 25.5. The van der Waals surface area contributed by atoms with Gasteiger partial charge >= 0.3 is 0 Å². The highest BCUT2D eigenvalue weighted by atomic mass is 35.5. The number of hydrogen-bond donors (Lipinski definition) is 2. The molecule has 0 unspecified atom stereocenters. The van der Waals surface area contributed by atoms with Crippen LogP contribution in [0.3, 0.4) is 0 Å². The van der Waals surface area contributed by atoms with E-state index in [1.54, 1.807) is 30.3 Å².